The highest BCUT2D eigenvalue weighted by Gasteiger charge is 2.17. The molecule has 0 aliphatic rings. The van der Waals surface area contributed by atoms with Crippen LogP contribution < -0.4 is 14.8 Å². The van der Waals surface area contributed by atoms with Gasteiger partial charge in [0.25, 0.3) is 5.91 Å². The third-order valence-corrected chi connectivity index (χ3v) is 3.37. The number of methoxy groups -OCH3 is 2. The summed E-state index contributed by atoms with van der Waals surface area (Å²) in [5.41, 5.74) is 2.44. The average Bonchev–Trinajstić information content (AvgIpc) is 2.84. The lowest BCUT2D eigenvalue weighted by Gasteiger charge is -2.13. The Morgan fingerprint density at radius 2 is 1.86 bits per heavy atom. The minimum absolute atomic E-state index is 0.226. The molecule has 1 aromatic heterocycles. The van der Waals surface area contributed by atoms with Crippen molar-refractivity contribution < 1.29 is 14.3 Å². The molecule has 22 heavy (non-hydrogen) atoms. The molecular weight excluding hydrogens is 282 g/mol. The lowest BCUT2D eigenvalue weighted by Crippen LogP contribution is -2.28. The van der Waals surface area contributed by atoms with Crippen molar-refractivity contribution in [2.75, 3.05) is 20.8 Å². The van der Waals surface area contributed by atoms with Crippen molar-refractivity contribution in [1.29, 1.82) is 0 Å². The molecular formula is C16H21N3O3. The van der Waals surface area contributed by atoms with Crippen LogP contribution in [0.4, 0.5) is 0 Å². The minimum atomic E-state index is -0.226. The van der Waals surface area contributed by atoms with Gasteiger partial charge in [-0.25, -0.2) is 0 Å². The normalized spacial score (nSPS) is 10.4. The molecule has 2 rings (SSSR count). The molecule has 0 saturated carbocycles. The Morgan fingerprint density at radius 3 is 2.36 bits per heavy atom. The van der Waals surface area contributed by atoms with Gasteiger partial charge in [-0.3, -0.25) is 9.48 Å². The summed E-state index contributed by atoms with van der Waals surface area (Å²) in [7, 11) is 3.06. The largest absolute Gasteiger partial charge is 0.496 e. The number of aromatic nitrogens is 2. The third kappa shape index (κ3) is 3.39. The summed E-state index contributed by atoms with van der Waals surface area (Å²) in [6.07, 6.45) is 0. The molecule has 0 unspecified atom stereocenters. The van der Waals surface area contributed by atoms with Crippen molar-refractivity contribution in [3.05, 3.63) is 41.2 Å². The highest BCUT2D eigenvalue weighted by Crippen LogP contribution is 2.27. The maximum atomic E-state index is 12.4. The number of benzene rings is 1. The van der Waals surface area contributed by atoms with E-state index in [9.17, 15) is 4.79 Å². The average molecular weight is 303 g/mol. The summed E-state index contributed by atoms with van der Waals surface area (Å²) < 4.78 is 12.3. The van der Waals surface area contributed by atoms with Gasteiger partial charge in [-0.2, -0.15) is 5.10 Å². The van der Waals surface area contributed by atoms with Crippen molar-refractivity contribution in [3.8, 4) is 11.5 Å². The third-order valence-electron chi connectivity index (χ3n) is 3.37. The molecule has 0 spiro atoms. The Morgan fingerprint density at radius 1 is 1.23 bits per heavy atom. The lowest BCUT2D eigenvalue weighted by molar-refractivity contribution is 0.0945. The number of carbonyl (C=O) groups is 1. The number of hydrogen-bond donors (Lipinski definition) is 1. The first-order chi connectivity index (χ1) is 10.6. The molecule has 2 aromatic rings. The van der Waals surface area contributed by atoms with Gasteiger partial charge >= 0.3 is 0 Å². The van der Waals surface area contributed by atoms with Gasteiger partial charge in [-0.1, -0.05) is 6.07 Å². The monoisotopic (exact) mass is 303 g/mol. The first-order valence-electron chi connectivity index (χ1n) is 7.07. The smallest absolute Gasteiger partial charge is 0.258 e. The van der Waals surface area contributed by atoms with Crippen LogP contribution in [0.5, 0.6) is 11.5 Å². The molecule has 6 heteroatoms. The van der Waals surface area contributed by atoms with E-state index in [2.05, 4.69) is 10.4 Å². The molecule has 1 heterocycles. The zero-order chi connectivity index (χ0) is 16.1. The molecule has 0 radical (unpaired) electrons. The van der Waals surface area contributed by atoms with Crippen LogP contribution in [0.25, 0.3) is 0 Å². The highest BCUT2D eigenvalue weighted by atomic mass is 16.5. The highest BCUT2D eigenvalue weighted by molar-refractivity contribution is 5.99. The summed E-state index contributed by atoms with van der Waals surface area (Å²) in [5.74, 6) is 0.752. The molecule has 0 saturated heterocycles. The number of ether oxygens (including phenoxy) is 2. The van der Waals surface area contributed by atoms with Crippen LogP contribution in [0.3, 0.4) is 0 Å². The lowest BCUT2D eigenvalue weighted by atomic mass is 10.1. The van der Waals surface area contributed by atoms with Gasteiger partial charge in [0.2, 0.25) is 0 Å². The van der Waals surface area contributed by atoms with Crippen LogP contribution in [0.1, 0.15) is 21.7 Å². The first-order valence-corrected chi connectivity index (χ1v) is 7.07. The molecule has 0 bridgehead atoms. The molecule has 1 N–H and O–H groups in total. The molecule has 0 fully saturated rings. The maximum Gasteiger partial charge on any atom is 0.258 e. The number of hydrogen-bond acceptors (Lipinski definition) is 4. The fourth-order valence-corrected chi connectivity index (χ4v) is 2.34. The molecule has 1 amide bonds. The van der Waals surface area contributed by atoms with Crippen LogP contribution in [0.2, 0.25) is 0 Å². The maximum absolute atomic E-state index is 12.4. The number of amides is 1. The van der Waals surface area contributed by atoms with E-state index in [1.165, 1.54) is 14.2 Å². The fourth-order valence-electron chi connectivity index (χ4n) is 2.34. The number of rotatable bonds is 6. The first kappa shape index (κ1) is 15.9. The van der Waals surface area contributed by atoms with Gasteiger partial charge in [0.15, 0.2) is 0 Å². The summed E-state index contributed by atoms with van der Waals surface area (Å²) in [5, 5.41) is 7.24. The quantitative estimate of drug-likeness (QED) is 0.886. The van der Waals surface area contributed by atoms with Gasteiger partial charge in [0.05, 0.1) is 26.5 Å². The van der Waals surface area contributed by atoms with Crippen molar-refractivity contribution in [2.45, 2.75) is 20.4 Å². The summed E-state index contributed by atoms with van der Waals surface area (Å²) >= 11 is 0. The SMILES string of the molecule is COc1cccc(OC)c1C(=O)NCCn1nc(C)cc1C. The molecule has 0 aliphatic carbocycles. The van der Waals surface area contributed by atoms with E-state index in [0.29, 0.717) is 30.2 Å². The topological polar surface area (TPSA) is 65.4 Å². The second-order valence-electron chi connectivity index (χ2n) is 4.94. The van der Waals surface area contributed by atoms with Gasteiger partial charge in [0.1, 0.15) is 17.1 Å². The van der Waals surface area contributed by atoms with E-state index in [1.54, 1.807) is 18.2 Å². The van der Waals surface area contributed by atoms with E-state index in [-0.39, 0.29) is 5.91 Å². The van der Waals surface area contributed by atoms with Crippen molar-refractivity contribution >= 4 is 5.91 Å². The summed E-state index contributed by atoms with van der Waals surface area (Å²) in [4.78, 5) is 12.4. The number of aryl methyl sites for hydroxylation is 2. The van der Waals surface area contributed by atoms with Crippen molar-refractivity contribution in [3.63, 3.8) is 0 Å². The van der Waals surface area contributed by atoms with Gasteiger partial charge < -0.3 is 14.8 Å². The van der Waals surface area contributed by atoms with Gasteiger partial charge in [-0.05, 0) is 32.0 Å². The number of nitrogens with zero attached hydrogens (tertiary/aromatic N) is 2. The van der Waals surface area contributed by atoms with E-state index in [1.807, 2.05) is 24.6 Å². The molecule has 1 aromatic carbocycles. The Balaban J connectivity index is 2.05. The fraction of sp³-hybridized carbons (Fsp3) is 0.375. The van der Waals surface area contributed by atoms with E-state index < -0.39 is 0 Å². The predicted octanol–water partition coefficient (Wildman–Crippen LogP) is 1.95. The van der Waals surface area contributed by atoms with E-state index in [4.69, 9.17) is 9.47 Å². The molecule has 0 atom stereocenters. The van der Waals surface area contributed by atoms with Crippen molar-refractivity contribution in [2.24, 2.45) is 0 Å². The van der Waals surface area contributed by atoms with Crippen LogP contribution in [-0.4, -0.2) is 36.5 Å². The summed E-state index contributed by atoms with van der Waals surface area (Å²) in [6, 6.07) is 7.26. The predicted molar refractivity (Wildman–Crippen MR) is 83.6 cm³/mol. The zero-order valence-corrected chi connectivity index (χ0v) is 13.3. The Labute approximate surface area is 130 Å². The van der Waals surface area contributed by atoms with Crippen molar-refractivity contribution in [1.82, 2.24) is 15.1 Å². The second kappa shape index (κ2) is 6.98. The Bertz CT molecular complexity index is 642. The Hall–Kier alpha value is -2.50. The van der Waals surface area contributed by atoms with Crippen LogP contribution >= 0.6 is 0 Å². The summed E-state index contributed by atoms with van der Waals surface area (Å²) in [6.45, 7) is 5.03. The van der Waals surface area contributed by atoms with Crippen LogP contribution in [0, 0.1) is 13.8 Å². The molecule has 6 nitrogen and oxygen atoms in total. The molecule has 0 aliphatic heterocycles. The van der Waals surface area contributed by atoms with Gasteiger partial charge in [-0.15, -0.1) is 0 Å². The number of nitrogens with one attached hydrogen (secondary N) is 1. The minimum Gasteiger partial charge on any atom is -0.496 e. The van der Waals surface area contributed by atoms with Crippen LogP contribution in [0.15, 0.2) is 24.3 Å². The number of carbonyl (C=O) groups excluding carboxylic acids is 1. The standard InChI is InChI=1S/C16H21N3O3/c1-11-10-12(2)19(18-11)9-8-17-16(20)15-13(21-3)6-5-7-14(15)22-4/h5-7,10H,8-9H2,1-4H3,(H,17,20). The second-order valence-corrected chi connectivity index (χ2v) is 4.94. The molecule has 118 valence electrons. The van der Waals surface area contributed by atoms with Crippen LogP contribution in [-0.2, 0) is 6.54 Å². The van der Waals surface area contributed by atoms with E-state index >= 15 is 0 Å². The van der Waals surface area contributed by atoms with E-state index in [0.717, 1.165) is 11.4 Å². The Kier molecular flexibility index (Phi) is 5.04. The van der Waals surface area contributed by atoms with Gasteiger partial charge in [0, 0.05) is 12.2 Å². The zero-order valence-electron chi connectivity index (χ0n) is 13.3.